The average molecular weight is 254 g/mol. The molecule has 1 aliphatic carbocycles. The molecular weight excluding hydrogens is 228 g/mol. The molecule has 2 rings (SSSR count). The zero-order valence-corrected chi connectivity index (χ0v) is 11.6. The van der Waals surface area contributed by atoms with E-state index in [-0.39, 0.29) is 12.0 Å². The van der Waals surface area contributed by atoms with Gasteiger partial charge in [0.05, 0.1) is 12.6 Å². The van der Waals surface area contributed by atoms with Crippen LogP contribution in [0.1, 0.15) is 39.0 Å². The van der Waals surface area contributed by atoms with Crippen molar-refractivity contribution in [2.75, 3.05) is 26.7 Å². The number of carbonyl (C=O) groups excluding carboxylic acids is 1. The number of nitrogens with zero attached hydrogens (tertiary/aromatic N) is 2. The quantitative estimate of drug-likeness (QED) is 0.817. The van der Waals surface area contributed by atoms with Gasteiger partial charge in [-0.3, -0.25) is 9.69 Å². The molecule has 0 spiro atoms. The summed E-state index contributed by atoms with van der Waals surface area (Å²) >= 11 is 0. The Morgan fingerprint density at radius 1 is 1.39 bits per heavy atom. The number of likely N-dealkylation sites (tertiary alicyclic amines) is 1. The normalized spacial score (nSPS) is 32.4. The average Bonchev–Trinajstić information content (AvgIpc) is 2.27. The van der Waals surface area contributed by atoms with Crippen LogP contribution in [0, 0.1) is 5.92 Å². The highest BCUT2D eigenvalue weighted by atomic mass is 16.3. The van der Waals surface area contributed by atoms with Gasteiger partial charge in [-0.2, -0.15) is 0 Å². The van der Waals surface area contributed by atoms with Crippen molar-refractivity contribution in [1.82, 2.24) is 9.80 Å². The second-order valence-electron chi connectivity index (χ2n) is 6.12. The van der Waals surface area contributed by atoms with Crippen LogP contribution in [0.15, 0.2) is 0 Å². The highest BCUT2D eigenvalue weighted by molar-refractivity contribution is 5.78. The van der Waals surface area contributed by atoms with Crippen LogP contribution in [0.2, 0.25) is 0 Å². The third-order valence-corrected chi connectivity index (χ3v) is 4.31. The molecule has 1 unspecified atom stereocenters. The molecule has 104 valence electrons. The molecule has 0 aromatic rings. The maximum Gasteiger partial charge on any atom is 0.236 e. The van der Waals surface area contributed by atoms with E-state index >= 15 is 0 Å². The molecule has 1 amide bonds. The molecule has 18 heavy (non-hydrogen) atoms. The number of rotatable bonds is 4. The van der Waals surface area contributed by atoms with E-state index in [0.29, 0.717) is 18.5 Å². The Morgan fingerprint density at radius 2 is 2.11 bits per heavy atom. The predicted molar refractivity (Wildman–Crippen MR) is 71.3 cm³/mol. The second-order valence-corrected chi connectivity index (χ2v) is 6.12. The Morgan fingerprint density at radius 3 is 2.72 bits per heavy atom. The molecule has 1 N–H and O–H groups in total. The second kappa shape index (κ2) is 6.02. The van der Waals surface area contributed by atoms with Crippen LogP contribution in [0.5, 0.6) is 0 Å². The fourth-order valence-corrected chi connectivity index (χ4v) is 3.15. The first-order chi connectivity index (χ1) is 8.56. The van der Waals surface area contributed by atoms with Crippen molar-refractivity contribution in [3.05, 3.63) is 0 Å². The molecule has 1 heterocycles. The number of aliphatic hydroxyl groups excluding tert-OH is 1. The Kier molecular flexibility index (Phi) is 4.62. The van der Waals surface area contributed by atoms with Crippen molar-refractivity contribution in [2.24, 2.45) is 5.92 Å². The van der Waals surface area contributed by atoms with E-state index in [1.165, 1.54) is 6.42 Å². The van der Waals surface area contributed by atoms with E-state index in [1.54, 1.807) is 0 Å². The molecule has 2 aliphatic rings. The van der Waals surface area contributed by atoms with Crippen molar-refractivity contribution in [1.29, 1.82) is 0 Å². The monoisotopic (exact) mass is 254 g/mol. The fourth-order valence-electron chi connectivity index (χ4n) is 3.15. The first-order valence-electron chi connectivity index (χ1n) is 7.22. The molecule has 1 atom stereocenters. The van der Waals surface area contributed by atoms with E-state index in [9.17, 15) is 9.90 Å². The van der Waals surface area contributed by atoms with Gasteiger partial charge >= 0.3 is 0 Å². The van der Waals surface area contributed by atoms with E-state index in [2.05, 4.69) is 11.8 Å². The summed E-state index contributed by atoms with van der Waals surface area (Å²) in [6.45, 7) is 4.54. The van der Waals surface area contributed by atoms with Gasteiger partial charge in [0.1, 0.15) is 0 Å². The van der Waals surface area contributed by atoms with Gasteiger partial charge in [-0.25, -0.2) is 0 Å². The molecule has 1 saturated carbocycles. The van der Waals surface area contributed by atoms with Crippen molar-refractivity contribution < 1.29 is 9.90 Å². The maximum atomic E-state index is 12.2. The zero-order chi connectivity index (χ0) is 13.1. The standard InChI is InChI=1S/C14H26N2O2/c1-11-5-3-4-6-16(11)14(18)10-15(2)9-12-7-13(17)8-12/h11-13,17H,3-10H2,1-2H3. The van der Waals surface area contributed by atoms with E-state index in [4.69, 9.17) is 0 Å². The molecular formula is C14H26N2O2. The highest BCUT2D eigenvalue weighted by Gasteiger charge is 2.29. The summed E-state index contributed by atoms with van der Waals surface area (Å²) in [5.74, 6) is 0.848. The number of likely N-dealkylation sites (N-methyl/N-ethyl adjacent to an activating group) is 1. The molecule has 0 aromatic heterocycles. The molecule has 0 radical (unpaired) electrons. The van der Waals surface area contributed by atoms with Gasteiger partial charge in [0.2, 0.25) is 5.91 Å². The minimum absolute atomic E-state index is 0.0961. The summed E-state index contributed by atoms with van der Waals surface area (Å²) in [5.41, 5.74) is 0. The molecule has 1 saturated heterocycles. The number of hydrogen-bond acceptors (Lipinski definition) is 3. The smallest absolute Gasteiger partial charge is 0.236 e. The first kappa shape index (κ1) is 13.8. The molecule has 4 nitrogen and oxygen atoms in total. The van der Waals surface area contributed by atoms with Gasteiger partial charge in [0, 0.05) is 19.1 Å². The lowest BCUT2D eigenvalue weighted by Crippen LogP contribution is -2.47. The number of aliphatic hydroxyl groups is 1. The molecule has 1 aliphatic heterocycles. The van der Waals surface area contributed by atoms with Gasteiger partial charge in [0.25, 0.3) is 0 Å². The van der Waals surface area contributed by atoms with Gasteiger partial charge < -0.3 is 10.0 Å². The maximum absolute atomic E-state index is 12.2. The Bertz CT molecular complexity index is 290. The molecule has 2 fully saturated rings. The van der Waals surface area contributed by atoms with Crippen LogP contribution < -0.4 is 0 Å². The molecule has 0 bridgehead atoms. The number of hydrogen-bond donors (Lipinski definition) is 1. The van der Waals surface area contributed by atoms with Gasteiger partial charge in [-0.1, -0.05) is 0 Å². The van der Waals surface area contributed by atoms with Crippen LogP contribution in [-0.4, -0.2) is 59.6 Å². The highest BCUT2D eigenvalue weighted by Crippen LogP contribution is 2.27. The van der Waals surface area contributed by atoms with Crippen molar-refractivity contribution in [3.63, 3.8) is 0 Å². The predicted octanol–water partition coefficient (Wildman–Crippen LogP) is 1.09. The summed E-state index contributed by atoms with van der Waals surface area (Å²) in [4.78, 5) is 16.4. The Hall–Kier alpha value is -0.610. The first-order valence-corrected chi connectivity index (χ1v) is 7.22. The van der Waals surface area contributed by atoms with Crippen LogP contribution in [0.4, 0.5) is 0 Å². The topological polar surface area (TPSA) is 43.8 Å². The SMILES string of the molecule is CC1CCCCN1C(=O)CN(C)CC1CC(O)C1. The summed E-state index contributed by atoms with van der Waals surface area (Å²) in [5, 5.41) is 9.26. The lowest BCUT2D eigenvalue weighted by atomic mass is 9.82. The Labute approximate surface area is 110 Å². The van der Waals surface area contributed by atoms with Crippen molar-refractivity contribution in [2.45, 2.75) is 51.2 Å². The number of amides is 1. The van der Waals surface area contributed by atoms with E-state index in [0.717, 1.165) is 38.8 Å². The Balaban J connectivity index is 1.72. The van der Waals surface area contributed by atoms with Gasteiger partial charge in [0.15, 0.2) is 0 Å². The van der Waals surface area contributed by atoms with Crippen LogP contribution in [0.25, 0.3) is 0 Å². The third-order valence-electron chi connectivity index (χ3n) is 4.31. The summed E-state index contributed by atoms with van der Waals surface area (Å²) in [7, 11) is 2.01. The minimum atomic E-state index is -0.0961. The van der Waals surface area contributed by atoms with Crippen LogP contribution in [-0.2, 0) is 4.79 Å². The molecule has 0 aromatic carbocycles. The van der Waals surface area contributed by atoms with E-state index in [1.807, 2.05) is 11.9 Å². The summed E-state index contributed by atoms with van der Waals surface area (Å²) < 4.78 is 0. The largest absolute Gasteiger partial charge is 0.393 e. The third kappa shape index (κ3) is 3.45. The number of carbonyl (C=O) groups is 1. The lowest BCUT2D eigenvalue weighted by molar-refractivity contribution is -0.135. The van der Waals surface area contributed by atoms with Crippen molar-refractivity contribution >= 4 is 5.91 Å². The van der Waals surface area contributed by atoms with Crippen LogP contribution >= 0.6 is 0 Å². The fraction of sp³-hybridized carbons (Fsp3) is 0.929. The lowest BCUT2D eigenvalue weighted by Gasteiger charge is -2.37. The summed E-state index contributed by atoms with van der Waals surface area (Å²) in [6, 6.07) is 0.408. The number of piperidine rings is 1. The summed E-state index contributed by atoms with van der Waals surface area (Å²) in [6.07, 6.45) is 5.25. The van der Waals surface area contributed by atoms with E-state index < -0.39 is 0 Å². The van der Waals surface area contributed by atoms with Crippen LogP contribution in [0.3, 0.4) is 0 Å². The van der Waals surface area contributed by atoms with Gasteiger partial charge in [-0.05, 0) is 52.0 Å². The minimum Gasteiger partial charge on any atom is -0.393 e. The zero-order valence-electron chi connectivity index (χ0n) is 11.6. The van der Waals surface area contributed by atoms with Gasteiger partial charge in [-0.15, -0.1) is 0 Å². The van der Waals surface area contributed by atoms with Crippen molar-refractivity contribution in [3.8, 4) is 0 Å². The molecule has 4 heteroatoms.